The standard InChI is InChI=1S/C24H38N2/c1-6-7-24(14-18(2)3)25-12-9-23(10-13-25)26-11-8-21-15-19(4)20(5)16-22(21)17-26/h7,15-16,18,23H,6,8-14,17H2,1-5H3. The number of piperidine rings is 1. The van der Waals surface area contributed by atoms with Crippen LogP contribution >= 0.6 is 0 Å². The number of fused-ring (bicyclic) bond motifs is 1. The first-order valence-electron chi connectivity index (χ1n) is 10.7. The maximum atomic E-state index is 2.76. The third-order valence-corrected chi connectivity index (χ3v) is 6.30. The Morgan fingerprint density at radius 1 is 1.08 bits per heavy atom. The molecule has 0 spiro atoms. The first-order chi connectivity index (χ1) is 12.5. The van der Waals surface area contributed by atoms with E-state index in [1.807, 2.05) is 0 Å². The molecule has 0 aromatic heterocycles. The van der Waals surface area contributed by atoms with E-state index in [0.717, 1.165) is 24.9 Å². The topological polar surface area (TPSA) is 6.48 Å². The highest BCUT2D eigenvalue weighted by molar-refractivity contribution is 5.38. The van der Waals surface area contributed by atoms with Gasteiger partial charge in [-0.3, -0.25) is 4.90 Å². The van der Waals surface area contributed by atoms with Gasteiger partial charge in [0.2, 0.25) is 0 Å². The van der Waals surface area contributed by atoms with Crippen LogP contribution in [0.4, 0.5) is 0 Å². The second-order valence-electron chi connectivity index (χ2n) is 8.85. The first kappa shape index (κ1) is 19.5. The number of rotatable bonds is 5. The van der Waals surface area contributed by atoms with E-state index in [1.54, 1.807) is 16.8 Å². The summed E-state index contributed by atoms with van der Waals surface area (Å²) in [4.78, 5) is 5.44. The van der Waals surface area contributed by atoms with Crippen molar-refractivity contribution in [3.8, 4) is 0 Å². The predicted molar refractivity (Wildman–Crippen MR) is 112 cm³/mol. The fourth-order valence-corrected chi connectivity index (χ4v) is 4.70. The van der Waals surface area contributed by atoms with Crippen LogP contribution < -0.4 is 0 Å². The van der Waals surface area contributed by atoms with E-state index in [4.69, 9.17) is 0 Å². The number of likely N-dealkylation sites (tertiary alicyclic amines) is 1. The summed E-state index contributed by atoms with van der Waals surface area (Å²) in [5, 5.41) is 0. The van der Waals surface area contributed by atoms with Crippen molar-refractivity contribution in [1.82, 2.24) is 9.80 Å². The van der Waals surface area contributed by atoms with Crippen molar-refractivity contribution in [2.45, 2.75) is 79.3 Å². The smallest absolute Gasteiger partial charge is 0.0239 e. The molecule has 0 N–H and O–H groups in total. The maximum absolute atomic E-state index is 2.76. The van der Waals surface area contributed by atoms with Gasteiger partial charge in [0.25, 0.3) is 0 Å². The summed E-state index contributed by atoms with van der Waals surface area (Å²) in [6.07, 6.45) is 8.71. The molecule has 2 nitrogen and oxygen atoms in total. The molecule has 0 aliphatic carbocycles. The molecule has 0 radical (unpaired) electrons. The minimum Gasteiger partial charge on any atom is -0.375 e. The molecule has 0 bridgehead atoms. The summed E-state index contributed by atoms with van der Waals surface area (Å²) in [5.74, 6) is 0.746. The normalized spacial score (nSPS) is 19.9. The van der Waals surface area contributed by atoms with Gasteiger partial charge in [-0.25, -0.2) is 0 Å². The van der Waals surface area contributed by atoms with E-state index in [-0.39, 0.29) is 0 Å². The van der Waals surface area contributed by atoms with E-state index < -0.39 is 0 Å². The summed E-state index contributed by atoms with van der Waals surface area (Å²) in [7, 11) is 0. The van der Waals surface area contributed by atoms with E-state index in [0.29, 0.717) is 0 Å². The zero-order chi connectivity index (χ0) is 18.7. The van der Waals surface area contributed by atoms with Crippen LogP contribution in [0, 0.1) is 19.8 Å². The van der Waals surface area contributed by atoms with Crippen molar-refractivity contribution in [1.29, 1.82) is 0 Å². The summed E-state index contributed by atoms with van der Waals surface area (Å²) in [6, 6.07) is 5.64. The molecule has 1 fully saturated rings. The Morgan fingerprint density at radius 3 is 2.35 bits per heavy atom. The monoisotopic (exact) mass is 354 g/mol. The van der Waals surface area contributed by atoms with Gasteiger partial charge >= 0.3 is 0 Å². The molecule has 2 aliphatic rings. The molecule has 1 aromatic rings. The van der Waals surface area contributed by atoms with Crippen LogP contribution in [-0.4, -0.2) is 35.5 Å². The SMILES string of the molecule is CCC=C(CC(C)C)N1CCC(N2CCc3cc(C)c(C)cc3C2)CC1. The van der Waals surface area contributed by atoms with E-state index >= 15 is 0 Å². The van der Waals surface area contributed by atoms with Crippen LogP contribution in [-0.2, 0) is 13.0 Å². The Morgan fingerprint density at radius 2 is 1.73 bits per heavy atom. The second-order valence-corrected chi connectivity index (χ2v) is 8.85. The van der Waals surface area contributed by atoms with Crippen LogP contribution in [0.3, 0.4) is 0 Å². The van der Waals surface area contributed by atoms with Gasteiger partial charge in [0.1, 0.15) is 0 Å². The minimum atomic E-state index is 0.746. The molecule has 0 atom stereocenters. The molecule has 144 valence electrons. The predicted octanol–water partition coefficient (Wildman–Crippen LogP) is 5.47. The lowest BCUT2D eigenvalue weighted by Crippen LogP contribution is -2.46. The van der Waals surface area contributed by atoms with Crippen LogP contribution in [0.1, 0.15) is 68.7 Å². The number of nitrogens with zero attached hydrogens (tertiary/aromatic N) is 2. The number of hydrogen-bond donors (Lipinski definition) is 0. The number of benzene rings is 1. The van der Waals surface area contributed by atoms with Gasteiger partial charge < -0.3 is 4.90 Å². The molecule has 1 aromatic carbocycles. The van der Waals surface area contributed by atoms with Crippen LogP contribution in [0.5, 0.6) is 0 Å². The Hall–Kier alpha value is -1.28. The quantitative estimate of drug-likeness (QED) is 0.692. The second kappa shape index (κ2) is 8.61. The lowest BCUT2D eigenvalue weighted by atomic mass is 9.92. The zero-order valence-electron chi connectivity index (χ0n) is 17.6. The summed E-state index contributed by atoms with van der Waals surface area (Å²) in [6.45, 7) is 16.3. The summed E-state index contributed by atoms with van der Waals surface area (Å²) < 4.78 is 0. The molecule has 0 amide bonds. The first-order valence-corrected chi connectivity index (χ1v) is 10.7. The van der Waals surface area contributed by atoms with E-state index in [9.17, 15) is 0 Å². The lowest BCUT2D eigenvalue weighted by molar-refractivity contribution is 0.110. The molecule has 2 heteroatoms. The highest BCUT2D eigenvalue weighted by Crippen LogP contribution is 2.29. The third-order valence-electron chi connectivity index (χ3n) is 6.30. The fraction of sp³-hybridized carbons (Fsp3) is 0.667. The van der Waals surface area contributed by atoms with Crippen molar-refractivity contribution < 1.29 is 0 Å². The largest absolute Gasteiger partial charge is 0.375 e. The van der Waals surface area contributed by atoms with Gasteiger partial charge in [0.05, 0.1) is 0 Å². The lowest BCUT2D eigenvalue weighted by Gasteiger charge is -2.42. The molecular weight excluding hydrogens is 316 g/mol. The third kappa shape index (κ3) is 4.52. The molecule has 1 saturated heterocycles. The molecule has 2 heterocycles. The van der Waals surface area contributed by atoms with Gasteiger partial charge in [0, 0.05) is 37.9 Å². The van der Waals surface area contributed by atoms with Crippen molar-refractivity contribution in [3.05, 3.63) is 46.2 Å². The molecule has 0 saturated carbocycles. The van der Waals surface area contributed by atoms with E-state index in [1.165, 1.54) is 56.4 Å². The summed E-state index contributed by atoms with van der Waals surface area (Å²) in [5.41, 5.74) is 7.66. The Bertz CT molecular complexity index is 636. The average Bonchev–Trinajstić information content (AvgIpc) is 2.62. The van der Waals surface area contributed by atoms with E-state index in [2.05, 4.69) is 62.6 Å². The molecule has 3 rings (SSSR count). The van der Waals surface area contributed by atoms with Crippen molar-refractivity contribution in [2.75, 3.05) is 19.6 Å². The Balaban J connectivity index is 1.60. The van der Waals surface area contributed by atoms with Crippen molar-refractivity contribution in [3.63, 3.8) is 0 Å². The van der Waals surface area contributed by atoms with Crippen molar-refractivity contribution in [2.24, 2.45) is 5.92 Å². The fourth-order valence-electron chi connectivity index (χ4n) is 4.70. The van der Waals surface area contributed by atoms with Gasteiger partial charge in [0.15, 0.2) is 0 Å². The number of aryl methyl sites for hydroxylation is 2. The summed E-state index contributed by atoms with van der Waals surface area (Å²) >= 11 is 0. The Kier molecular flexibility index (Phi) is 6.45. The van der Waals surface area contributed by atoms with Gasteiger partial charge in [-0.05, 0) is 74.1 Å². The van der Waals surface area contributed by atoms with Crippen LogP contribution in [0.2, 0.25) is 0 Å². The van der Waals surface area contributed by atoms with Gasteiger partial charge in [-0.2, -0.15) is 0 Å². The zero-order valence-corrected chi connectivity index (χ0v) is 17.6. The van der Waals surface area contributed by atoms with Gasteiger partial charge in [-0.1, -0.05) is 39.0 Å². The highest BCUT2D eigenvalue weighted by Gasteiger charge is 2.28. The van der Waals surface area contributed by atoms with Crippen molar-refractivity contribution >= 4 is 0 Å². The Labute approximate surface area is 161 Å². The average molecular weight is 355 g/mol. The highest BCUT2D eigenvalue weighted by atomic mass is 15.2. The molecule has 2 aliphatic heterocycles. The molecule has 26 heavy (non-hydrogen) atoms. The minimum absolute atomic E-state index is 0.746. The van der Waals surface area contributed by atoms with Crippen LogP contribution in [0.25, 0.3) is 0 Å². The molecule has 0 unspecified atom stereocenters. The number of hydrogen-bond acceptors (Lipinski definition) is 2. The number of allylic oxidation sites excluding steroid dienone is 2. The van der Waals surface area contributed by atoms with Crippen LogP contribution in [0.15, 0.2) is 23.9 Å². The van der Waals surface area contributed by atoms with Gasteiger partial charge in [-0.15, -0.1) is 0 Å². The molecular formula is C24H38N2. The maximum Gasteiger partial charge on any atom is 0.0239 e.